The van der Waals surface area contributed by atoms with Crippen molar-refractivity contribution in [2.75, 3.05) is 16.8 Å². The van der Waals surface area contributed by atoms with Crippen LogP contribution in [-0.2, 0) is 32.9 Å². The van der Waals surface area contributed by atoms with E-state index in [0.717, 1.165) is 11.1 Å². The third-order valence-electron chi connectivity index (χ3n) is 10.9. The van der Waals surface area contributed by atoms with Crippen molar-refractivity contribution in [3.8, 4) is 11.5 Å². The molecule has 0 aliphatic carbocycles. The van der Waals surface area contributed by atoms with Crippen molar-refractivity contribution in [1.29, 1.82) is 0 Å². The quantitative estimate of drug-likeness (QED) is 0.176. The maximum absolute atomic E-state index is 16.4. The van der Waals surface area contributed by atoms with Gasteiger partial charge in [0.25, 0.3) is 11.8 Å². The zero-order chi connectivity index (χ0) is 34.9. The van der Waals surface area contributed by atoms with Gasteiger partial charge >= 0.3 is 0 Å². The van der Waals surface area contributed by atoms with Crippen LogP contribution in [0, 0.1) is 5.92 Å². The molecule has 4 aliphatic heterocycles. The Kier molecular flexibility index (Phi) is 7.70. The lowest BCUT2D eigenvalue weighted by molar-refractivity contribution is -0.149. The van der Waals surface area contributed by atoms with Crippen LogP contribution in [0.5, 0.6) is 11.5 Å². The highest BCUT2D eigenvalue weighted by Gasteiger charge is 2.65. The average Bonchev–Trinajstić information content (AvgIpc) is 3.51. The minimum absolute atomic E-state index is 0.135. The number of nitrogens with zero attached hydrogens (tertiary/aromatic N) is 2. The maximum Gasteiger partial charge on any atom is 0.266 e. The lowest BCUT2D eigenvalue weighted by Gasteiger charge is -2.37. The van der Waals surface area contributed by atoms with Crippen LogP contribution in [0.4, 0.5) is 21.2 Å². The Balaban J connectivity index is 1.18. The molecule has 0 unspecified atom stereocenters. The van der Waals surface area contributed by atoms with Crippen molar-refractivity contribution in [2.24, 2.45) is 5.92 Å². The minimum Gasteiger partial charge on any atom is -0.454 e. The van der Waals surface area contributed by atoms with E-state index >= 15 is 4.11 Å². The Hall–Kier alpha value is -4.84. The van der Waals surface area contributed by atoms with Crippen LogP contribution in [0.2, 0.25) is 18.6 Å². The number of ether oxygens (including phenoxy) is 2. The maximum atomic E-state index is 16.4. The topological polar surface area (TPSA) is 108 Å². The summed E-state index contributed by atoms with van der Waals surface area (Å²) in [6.07, 6.45) is -0.505. The van der Waals surface area contributed by atoms with Gasteiger partial charge in [0.15, 0.2) is 11.4 Å². The molecular formula is C39H38FN3O6Si. The van der Waals surface area contributed by atoms with Gasteiger partial charge < -0.3 is 28.9 Å². The predicted molar refractivity (Wildman–Crippen MR) is 189 cm³/mol. The van der Waals surface area contributed by atoms with E-state index in [-0.39, 0.29) is 24.8 Å². The second-order valence-corrected chi connectivity index (χ2v) is 18.0. The average molecular weight is 692 g/mol. The number of halogens is 1. The van der Waals surface area contributed by atoms with Gasteiger partial charge in [-0.15, -0.1) is 0 Å². The Morgan fingerprint density at radius 1 is 0.980 bits per heavy atom. The van der Waals surface area contributed by atoms with Gasteiger partial charge in [-0.25, -0.2) is 0 Å². The highest BCUT2D eigenvalue weighted by molar-refractivity contribution is 6.72. The molecule has 2 N–H and O–H groups in total. The summed E-state index contributed by atoms with van der Waals surface area (Å²) >= 11 is 0. The summed E-state index contributed by atoms with van der Waals surface area (Å²) in [5.41, 5.74) is 2.20. The van der Waals surface area contributed by atoms with E-state index in [4.69, 9.17) is 9.47 Å². The molecule has 4 aliphatic rings. The third-order valence-corrected chi connectivity index (χ3v) is 13.3. The normalized spacial score (nSPS) is 25.3. The standard InChI is InChI=1S/C39H38FN3O6Si/c1-23-36(50(2,3)40)34(20-35(45)42-21-25-11-5-4-10-24(25)18-27(42)22-44)49-39(23)29-19-26(16-17-30(29)41-38(39)47)43-31-13-7-9-15-33(31)48-32-14-8-6-12-28(32)37(43)46/h4-17,19,23,27,34,36,44H,18,20-22H2,1-3H3,(H,41,47)/t23-,27+,34+,36-,39+/m1/s1. The van der Waals surface area contributed by atoms with Crippen molar-refractivity contribution >= 4 is 43.2 Å². The Bertz CT molecular complexity index is 2050. The number of fused-ring (bicyclic) bond motifs is 5. The molecule has 0 saturated carbocycles. The summed E-state index contributed by atoms with van der Waals surface area (Å²) in [7, 11) is -3.55. The largest absolute Gasteiger partial charge is 0.454 e. The van der Waals surface area contributed by atoms with Gasteiger partial charge in [-0.2, -0.15) is 0 Å². The van der Waals surface area contributed by atoms with E-state index in [1.807, 2.05) is 43.3 Å². The molecule has 256 valence electrons. The Morgan fingerprint density at radius 3 is 2.44 bits per heavy atom. The first-order valence-electron chi connectivity index (χ1n) is 17.0. The van der Waals surface area contributed by atoms with Crippen molar-refractivity contribution < 1.29 is 33.1 Å². The molecule has 1 fully saturated rings. The van der Waals surface area contributed by atoms with E-state index in [2.05, 4.69) is 5.32 Å². The van der Waals surface area contributed by atoms with Crippen LogP contribution in [0.25, 0.3) is 0 Å². The van der Waals surface area contributed by atoms with Crippen LogP contribution >= 0.6 is 0 Å². The van der Waals surface area contributed by atoms with Gasteiger partial charge in [0, 0.05) is 34.9 Å². The Labute approximate surface area is 290 Å². The highest BCUT2D eigenvalue weighted by atomic mass is 28.4. The number of amides is 3. The number of aliphatic hydroxyl groups is 1. The summed E-state index contributed by atoms with van der Waals surface area (Å²) in [6, 6.07) is 27.0. The highest BCUT2D eigenvalue weighted by Crippen LogP contribution is 2.59. The molecule has 9 nitrogen and oxygen atoms in total. The minimum atomic E-state index is -3.55. The van der Waals surface area contributed by atoms with Crippen molar-refractivity contribution in [3.63, 3.8) is 0 Å². The number of carbonyl (C=O) groups excluding carboxylic acids is 3. The number of para-hydroxylation sites is 3. The molecule has 50 heavy (non-hydrogen) atoms. The predicted octanol–water partition coefficient (Wildman–Crippen LogP) is 6.83. The summed E-state index contributed by atoms with van der Waals surface area (Å²) in [5.74, 6) is -0.694. The number of hydrogen-bond donors (Lipinski definition) is 2. The molecule has 4 aromatic carbocycles. The van der Waals surface area contributed by atoms with Crippen LogP contribution in [-0.4, -0.2) is 54.9 Å². The first-order valence-corrected chi connectivity index (χ1v) is 20.0. The number of hydrogen-bond acceptors (Lipinski definition) is 6. The smallest absolute Gasteiger partial charge is 0.266 e. The van der Waals surface area contributed by atoms with Gasteiger partial charge in [-0.1, -0.05) is 55.5 Å². The third kappa shape index (κ3) is 4.98. The van der Waals surface area contributed by atoms with Gasteiger partial charge in [-0.05, 0) is 73.1 Å². The van der Waals surface area contributed by atoms with Crippen LogP contribution in [0.1, 0.15) is 40.4 Å². The zero-order valence-corrected chi connectivity index (χ0v) is 29.1. The molecule has 1 spiro atoms. The lowest BCUT2D eigenvalue weighted by atomic mass is 9.82. The van der Waals surface area contributed by atoms with Crippen molar-refractivity contribution in [2.45, 2.75) is 62.7 Å². The molecule has 0 aromatic heterocycles. The summed E-state index contributed by atoms with van der Waals surface area (Å²) in [6.45, 7) is 5.14. The molecule has 8 rings (SSSR count). The number of aliphatic hydroxyl groups excluding tert-OH is 1. The van der Waals surface area contributed by atoms with Gasteiger partial charge in [0.2, 0.25) is 14.3 Å². The molecule has 0 radical (unpaired) electrons. The van der Waals surface area contributed by atoms with E-state index in [9.17, 15) is 19.5 Å². The first kappa shape index (κ1) is 32.4. The summed E-state index contributed by atoms with van der Waals surface area (Å²) in [4.78, 5) is 45.6. The summed E-state index contributed by atoms with van der Waals surface area (Å²) < 4.78 is 29.4. The number of rotatable bonds is 5. The summed E-state index contributed by atoms with van der Waals surface area (Å²) in [5, 5.41) is 13.2. The van der Waals surface area contributed by atoms with Gasteiger partial charge in [0.05, 0.1) is 36.4 Å². The molecule has 0 bridgehead atoms. The molecule has 5 atom stereocenters. The molecule has 4 heterocycles. The lowest BCUT2D eigenvalue weighted by Crippen LogP contribution is -2.48. The molecule has 11 heteroatoms. The number of benzene rings is 4. The molecule has 3 amide bonds. The fourth-order valence-corrected chi connectivity index (χ4v) is 11.1. The van der Waals surface area contributed by atoms with E-state index in [1.54, 1.807) is 77.5 Å². The fraction of sp³-hybridized carbons (Fsp3) is 0.308. The second kappa shape index (κ2) is 11.9. The van der Waals surface area contributed by atoms with Crippen LogP contribution in [0.15, 0.2) is 91.0 Å². The van der Waals surface area contributed by atoms with Crippen molar-refractivity contribution in [1.82, 2.24) is 4.90 Å². The van der Waals surface area contributed by atoms with Crippen LogP contribution < -0.4 is 15.0 Å². The van der Waals surface area contributed by atoms with Gasteiger partial charge in [-0.3, -0.25) is 19.3 Å². The SMILES string of the molecule is C[C@@H]1[C@@H]([Si](C)(C)F)[C@H](CC(=O)N2Cc3ccccc3C[C@H]2CO)O[C@@]12C(=O)Nc1ccc(N3C(=O)c4ccccc4Oc4ccccc43)cc12. The molecule has 1 saturated heterocycles. The first-order chi connectivity index (χ1) is 24.0. The Morgan fingerprint density at radius 2 is 1.68 bits per heavy atom. The monoisotopic (exact) mass is 691 g/mol. The zero-order valence-electron chi connectivity index (χ0n) is 28.1. The second-order valence-electron chi connectivity index (χ2n) is 14.2. The fourth-order valence-electron chi connectivity index (χ4n) is 8.59. The van der Waals surface area contributed by atoms with E-state index in [1.165, 1.54) is 0 Å². The number of carbonyl (C=O) groups is 3. The van der Waals surface area contributed by atoms with Gasteiger partial charge in [0.1, 0.15) is 5.75 Å². The van der Waals surface area contributed by atoms with E-state index < -0.39 is 43.5 Å². The van der Waals surface area contributed by atoms with E-state index in [0.29, 0.717) is 52.7 Å². The molecular weight excluding hydrogens is 654 g/mol. The molecule has 4 aromatic rings. The number of nitrogens with one attached hydrogen (secondary N) is 1. The number of anilines is 3. The van der Waals surface area contributed by atoms with Crippen LogP contribution in [0.3, 0.4) is 0 Å². The van der Waals surface area contributed by atoms with Crippen molar-refractivity contribution in [3.05, 3.63) is 113 Å².